The minimum Gasteiger partial charge on any atom is -0.488 e. The Labute approximate surface area is 305 Å². The molecule has 0 aromatic heterocycles. The molecule has 4 aromatic rings. The van der Waals surface area contributed by atoms with Gasteiger partial charge in [0.2, 0.25) is 11.8 Å². The smallest absolute Gasteiger partial charge is 0.236 e. The second-order valence-electron chi connectivity index (χ2n) is 13.6. The van der Waals surface area contributed by atoms with E-state index in [2.05, 4.69) is 52.3 Å². The van der Waals surface area contributed by atoms with Crippen LogP contribution in [-0.4, -0.2) is 92.6 Å². The molecule has 0 spiro atoms. The predicted molar refractivity (Wildman–Crippen MR) is 205 cm³/mol. The van der Waals surface area contributed by atoms with Crippen LogP contribution in [0.5, 0.6) is 23.0 Å². The first-order valence-corrected chi connectivity index (χ1v) is 17.4. The summed E-state index contributed by atoms with van der Waals surface area (Å²) >= 11 is 0. The van der Waals surface area contributed by atoms with E-state index in [0.717, 1.165) is 50.8 Å². The van der Waals surface area contributed by atoms with Gasteiger partial charge in [-0.05, 0) is 54.4 Å². The highest BCUT2D eigenvalue weighted by Gasteiger charge is 2.31. The third-order valence-electron chi connectivity index (χ3n) is 9.29. The van der Waals surface area contributed by atoms with E-state index in [-0.39, 0.29) is 32.2 Å². The van der Waals surface area contributed by atoms with Gasteiger partial charge in [-0.3, -0.25) is 9.59 Å². The fourth-order valence-electron chi connectivity index (χ4n) is 6.69. The van der Waals surface area contributed by atoms with Gasteiger partial charge in [-0.25, -0.2) is 0 Å². The normalized spacial score (nSPS) is 14.9. The molecule has 52 heavy (non-hydrogen) atoms. The quantitative estimate of drug-likeness (QED) is 0.249. The van der Waals surface area contributed by atoms with Gasteiger partial charge in [0.25, 0.3) is 0 Å². The Morgan fingerprint density at radius 1 is 0.654 bits per heavy atom. The summed E-state index contributed by atoms with van der Waals surface area (Å²) in [5.74, 6) is 1.68. The second kappa shape index (κ2) is 15.7. The van der Waals surface area contributed by atoms with E-state index in [9.17, 15) is 9.59 Å². The number of carbonyl (C=O) groups excluding carboxylic acids is 2. The second-order valence-corrected chi connectivity index (χ2v) is 13.6. The molecular formula is C40H48N6O6. The van der Waals surface area contributed by atoms with Gasteiger partial charge < -0.3 is 50.0 Å². The Kier molecular flexibility index (Phi) is 10.9. The van der Waals surface area contributed by atoms with E-state index in [1.54, 1.807) is 0 Å². The maximum Gasteiger partial charge on any atom is 0.236 e. The first-order valence-electron chi connectivity index (χ1n) is 17.4. The van der Waals surface area contributed by atoms with Gasteiger partial charge in [-0.15, -0.1) is 0 Å². The van der Waals surface area contributed by atoms with Crippen molar-refractivity contribution in [3.63, 3.8) is 0 Å². The largest absolute Gasteiger partial charge is 0.488 e. The molecule has 2 amide bonds. The van der Waals surface area contributed by atoms with Crippen LogP contribution in [0.25, 0.3) is 0 Å². The van der Waals surface area contributed by atoms with E-state index in [1.165, 1.54) is 0 Å². The third-order valence-corrected chi connectivity index (χ3v) is 9.29. The lowest BCUT2D eigenvalue weighted by Gasteiger charge is -2.32. The first-order chi connectivity index (χ1) is 25.0. The zero-order valence-electron chi connectivity index (χ0n) is 30.6. The van der Waals surface area contributed by atoms with E-state index < -0.39 is 11.8 Å². The molecule has 0 radical (unpaired) electrons. The number of nitrogens with two attached hydrogens (primary N) is 2. The number of aryl methyl sites for hydroxylation is 1. The van der Waals surface area contributed by atoms with Crippen LogP contribution in [0.15, 0.2) is 72.8 Å². The number of primary amides is 2. The van der Waals surface area contributed by atoms with E-state index in [4.69, 9.17) is 30.4 Å². The van der Waals surface area contributed by atoms with Crippen molar-refractivity contribution >= 4 is 34.6 Å². The number of fused-ring (bicyclic) bond motifs is 4. The number of ether oxygens (including phenoxy) is 4. The molecule has 0 saturated heterocycles. The van der Waals surface area contributed by atoms with Crippen molar-refractivity contribution < 1.29 is 28.5 Å². The number of anilines is 4. The number of nitrogens with zero attached hydrogens (tertiary/aromatic N) is 4. The molecule has 2 heterocycles. The van der Waals surface area contributed by atoms with Crippen LogP contribution in [0.2, 0.25) is 0 Å². The minimum absolute atomic E-state index is 0.00663. The van der Waals surface area contributed by atoms with Gasteiger partial charge >= 0.3 is 0 Å². The molecule has 2 aliphatic heterocycles. The maximum absolute atomic E-state index is 12.3. The SMILES string of the molecule is Cc1ccc2c(c1)OCCOc1cc(C3c4ccc(N(C)C)cc4Oc4cc(N(C)C)ccc43)ccc1N(CC(N)=O)CCOCCN2CC(N)=O. The summed E-state index contributed by atoms with van der Waals surface area (Å²) in [5.41, 5.74) is 19.0. The van der Waals surface area contributed by atoms with Crippen LogP contribution in [0.1, 0.15) is 28.2 Å². The third kappa shape index (κ3) is 8.13. The summed E-state index contributed by atoms with van der Waals surface area (Å²) in [6.45, 7) is 3.81. The van der Waals surface area contributed by atoms with Crippen LogP contribution >= 0.6 is 0 Å². The van der Waals surface area contributed by atoms with Gasteiger partial charge in [0.15, 0.2) is 0 Å². The average molecular weight is 709 g/mol. The van der Waals surface area contributed by atoms with Crippen molar-refractivity contribution in [3.8, 4) is 23.0 Å². The molecule has 0 unspecified atom stereocenters. The molecule has 12 heteroatoms. The Morgan fingerprint density at radius 3 is 1.65 bits per heavy atom. The lowest BCUT2D eigenvalue weighted by Crippen LogP contribution is -2.38. The molecule has 6 rings (SSSR count). The van der Waals surface area contributed by atoms with Gasteiger partial charge in [-0.2, -0.15) is 0 Å². The molecule has 2 aliphatic rings. The fourth-order valence-corrected chi connectivity index (χ4v) is 6.69. The van der Waals surface area contributed by atoms with Crippen molar-refractivity contribution in [2.24, 2.45) is 11.5 Å². The first kappa shape index (κ1) is 36.2. The van der Waals surface area contributed by atoms with Gasteiger partial charge in [0.1, 0.15) is 36.2 Å². The number of hydrogen-bond donors (Lipinski definition) is 2. The van der Waals surface area contributed by atoms with E-state index in [0.29, 0.717) is 43.5 Å². The zero-order chi connectivity index (χ0) is 36.9. The summed E-state index contributed by atoms with van der Waals surface area (Å²) in [6, 6.07) is 24.5. The number of carbonyl (C=O) groups is 2. The topological polar surface area (TPSA) is 136 Å². The highest BCUT2D eigenvalue weighted by atomic mass is 16.5. The zero-order valence-corrected chi connectivity index (χ0v) is 30.6. The lowest BCUT2D eigenvalue weighted by molar-refractivity contribution is -0.117. The molecule has 0 atom stereocenters. The molecular weight excluding hydrogens is 660 g/mol. The molecule has 12 nitrogen and oxygen atoms in total. The van der Waals surface area contributed by atoms with Gasteiger partial charge in [0, 0.05) is 81.8 Å². The lowest BCUT2D eigenvalue weighted by atomic mass is 9.82. The van der Waals surface area contributed by atoms with Crippen LogP contribution in [0.3, 0.4) is 0 Å². The number of benzene rings is 4. The van der Waals surface area contributed by atoms with Crippen molar-refractivity contribution in [2.75, 3.05) is 100 Å². The van der Waals surface area contributed by atoms with Gasteiger partial charge in [-0.1, -0.05) is 24.3 Å². The fraction of sp³-hybridized carbons (Fsp3) is 0.350. The standard InChI is InChI=1S/C40H48N6O6/c1-26-6-12-32-36(20-26)50-18-19-51-37-21-27(7-13-33(37)46(25-39(42)48)15-17-49-16-14-45(32)24-38(41)47)40-30-10-8-28(43(2)3)22-34(30)52-35-23-29(44(4)5)9-11-31(35)40/h6-13,20-23,40H,14-19,24-25H2,1-5H3,(H2,41,47)(H2,42,48). The number of hydrogen-bond acceptors (Lipinski definition) is 10. The molecule has 4 aromatic carbocycles. The van der Waals surface area contributed by atoms with Gasteiger partial charge in [0.05, 0.1) is 37.7 Å². The molecule has 4 N–H and O–H groups in total. The van der Waals surface area contributed by atoms with Crippen LogP contribution in [0.4, 0.5) is 22.7 Å². The molecule has 274 valence electrons. The van der Waals surface area contributed by atoms with Crippen molar-refractivity contribution in [3.05, 3.63) is 95.1 Å². The Morgan fingerprint density at radius 2 is 1.15 bits per heavy atom. The Hall–Kier alpha value is -5.62. The minimum atomic E-state index is -0.476. The summed E-state index contributed by atoms with van der Waals surface area (Å²) in [4.78, 5) is 32.2. The highest BCUT2D eigenvalue weighted by molar-refractivity contribution is 5.81. The van der Waals surface area contributed by atoms with Crippen LogP contribution in [0, 0.1) is 6.92 Å². The monoisotopic (exact) mass is 708 g/mol. The predicted octanol–water partition coefficient (Wildman–Crippen LogP) is 4.48. The van der Waals surface area contributed by atoms with Crippen molar-refractivity contribution in [1.82, 2.24) is 0 Å². The summed E-state index contributed by atoms with van der Waals surface area (Å²) in [6.07, 6.45) is 0. The summed E-state index contributed by atoms with van der Waals surface area (Å²) in [7, 11) is 8.04. The van der Waals surface area contributed by atoms with Crippen molar-refractivity contribution in [2.45, 2.75) is 12.8 Å². The molecule has 0 aliphatic carbocycles. The molecule has 0 fully saturated rings. The molecule has 0 bridgehead atoms. The average Bonchev–Trinajstić information content (AvgIpc) is 3.10. The summed E-state index contributed by atoms with van der Waals surface area (Å²) in [5, 5.41) is 0. The maximum atomic E-state index is 12.3. The van der Waals surface area contributed by atoms with E-state index >= 15 is 0 Å². The number of rotatable bonds is 7. The van der Waals surface area contributed by atoms with E-state index in [1.807, 2.05) is 75.2 Å². The highest BCUT2D eigenvalue weighted by Crippen LogP contribution is 2.50. The Balaban J connectivity index is 1.40. The van der Waals surface area contributed by atoms with Crippen LogP contribution < -0.4 is 45.3 Å². The summed E-state index contributed by atoms with van der Waals surface area (Å²) < 4.78 is 25.4. The van der Waals surface area contributed by atoms with Crippen LogP contribution in [-0.2, 0) is 14.3 Å². The van der Waals surface area contributed by atoms with Crippen molar-refractivity contribution in [1.29, 1.82) is 0 Å². The number of amides is 2. The Bertz CT molecular complexity index is 1870. The molecule has 0 saturated carbocycles.